The summed E-state index contributed by atoms with van der Waals surface area (Å²) in [5.74, 6) is -1.21. The number of ether oxygens (including phenoxy) is 1. The number of hydrogen-bond donors (Lipinski definition) is 3. The molecule has 2 heterocycles. The number of nitro groups is 2. The molecule has 0 fully saturated rings. The summed E-state index contributed by atoms with van der Waals surface area (Å²) >= 11 is 0. The number of carbonyl (C=O) groups excluding carboxylic acids is 1. The number of aryl methyl sites for hydroxylation is 1. The lowest BCUT2D eigenvalue weighted by Gasteiger charge is -2.21. The number of amides is 1. The van der Waals surface area contributed by atoms with Crippen LogP contribution >= 0.6 is 0 Å². The number of amidine groups is 1. The van der Waals surface area contributed by atoms with Crippen LogP contribution in [0.1, 0.15) is 80.2 Å². The van der Waals surface area contributed by atoms with Gasteiger partial charge in [-0.1, -0.05) is 27.7 Å². The molecule has 1 aromatic carbocycles. The number of nitrogens with zero attached hydrogens (tertiary/aromatic N) is 4. The lowest BCUT2D eigenvalue weighted by Crippen LogP contribution is -2.41. The molecule has 228 valence electrons. The number of methoxy groups -OCH3 is 1. The number of carbonyl (C=O) groups is 2. The number of rotatable bonds is 11. The Morgan fingerprint density at radius 2 is 1.79 bits per heavy atom. The average Bonchev–Trinajstić information content (AvgIpc) is 3.24. The van der Waals surface area contributed by atoms with E-state index in [2.05, 4.69) is 20.6 Å². The predicted octanol–water partition coefficient (Wildman–Crippen LogP) is 4.94. The molecule has 0 radical (unpaired) electrons. The van der Waals surface area contributed by atoms with Gasteiger partial charge in [-0.25, -0.2) is 9.79 Å². The van der Waals surface area contributed by atoms with E-state index in [1.807, 2.05) is 27.7 Å². The second kappa shape index (κ2) is 13.9. The molecule has 0 spiro atoms. The Hall–Kier alpha value is -4.46. The van der Waals surface area contributed by atoms with Crippen LogP contribution in [0.5, 0.6) is 0 Å². The van der Waals surface area contributed by atoms with Crippen LogP contribution in [-0.2, 0) is 16.1 Å². The molecule has 3 rings (SSSR count). The number of aromatic nitrogens is 1. The van der Waals surface area contributed by atoms with E-state index in [-0.39, 0.29) is 58.6 Å². The number of hydrogen-bond acceptors (Lipinski definition) is 10. The van der Waals surface area contributed by atoms with Gasteiger partial charge in [0.2, 0.25) is 0 Å². The number of aliphatic imine (C=N–C) groups is 1. The summed E-state index contributed by atoms with van der Waals surface area (Å²) in [5, 5.41) is 37.4. The first-order valence-corrected chi connectivity index (χ1v) is 13.4. The van der Waals surface area contributed by atoms with E-state index in [0.717, 1.165) is 12.8 Å². The van der Waals surface area contributed by atoms with Gasteiger partial charge in [-0.3, -0.25) is 30.0 Å². The number of pyridine rings is 1. The molecule has 1 unspecified atom stereocenters. The zero-order valence-electron chi connectivity index (χ0n) is 25.1. The van der Waals surface area contributed by atoms with Crippen molar-refractivity contribution in [3.05, 3.63) is 66.5 Å². The van der Waals surface area contributed by atoms with Crippen LogP contribution in [0.25, 0.3) is 0 Å². The van der Waals surface area contributed by atoms with E-state index in [4.69, 9.17) is 4.74 Å². The largest absolute Gasteiger partial charge is 0.478 e. The zero-order valence-corrected chi connectivity index (χ0v) is 25.1. The van der Waals surface area contributed by atoms with Gasteiger partial charge in [0.05, 0.1) is 22.0 Å². The normalized spacial score (nSPS) is 16.0. The number of aromatic carboxylic acids is 1. The highest BCUT2D eigenvalue weighted by Gasteiger charge is 2.43. The predicted molar refractivity (Wildman–Crippen MR) is 157 cm³/mol. The first-order chi connectivity index (χ1) is 19.6. The first-order valence-electron chi connectivity index (χ1n) is 13.4. The van der Waals surface area contributed by atoms with E-state index < -0.39 is 21.4 Å². The minimum absolute atomic E-state index is 0.0109. The van der Waals surface area contributed by atoms with Gasteiger partial charge < -0.3 is 20.5 Å². The third-order valence-electron chi connectivity index (χ3n) is 7.38. The molecule has 1 aliphatic heterocycles. The number of carboxylic acids is 1. The smallest absolute Gasteiger partial charge is 0.338 e. The lowest BCUT2D eigenvalue weighted by molar-refractivity contribution is -0.392. The molecule has 1 amide bonds. The molecular weight excluding hydrogens is 548 g/mol. The van der Waals surface area contributed by atoms with Crippen molar-refractivity contribution in [3.8, 4) is 0 Å². The van der Waals surface area contributed by atoms with E-state index >= 15 is 0 Å². The Bertz CT molecular complexity index is 1400. The van der Waals surface area contributed by atoms with Crippen LogP contribution < -0.4 is 10.6 Å². The van der Waals surface area contributed by atoms with Crippen LogP contribution in [0.3, 0.4) is 0 Å². The lowest BCUT2D eigenvalue weighted by atomic mass is 9.89. The molecule has 1 aliphatic rings. The van der Waals surface area contributed by atoms with Crippen molar-refractivity contribution in [2.24, 2.45) is 10.9 Å². The van der Waals surface area contributed by atoms with E-state index in [1.165, 1.54) is 25.4 Å². The van der Waals surface area contributed by atoms with Gasteiger partial charge in [0.15, 0.2) is 11.5 Å². The van der Waals surface area contributed by atoms with Crippen LogP contribution in [0, 0.1) is 40.0 Å². The SMILES string of the molecule is CCC(CC)Nc1c([N+](=O)[O-])cc(C)c(C)c1[N+](=O)[O-].COCc1cnc(C2=NC(C)(C(C)C)C(=O)N2)c(C(=O)O)c1. The van der Waals surface area contributed by atoms with Crippen molar-refractivity contribution in [2.45, 2.75) is 79.5 Å². The fourth-order valence-electron chi connectivity index (χ4n) is 4.25. The number of carboxylic acid groups (broad SMARTS) is 1. The van der Waals surface area contributed by atoms with Crippen LogP contribution in [0.15, 0.2) is 23.3 Å². The second-order valence-corrected chi connectivity index (χ2v) is 10.4. The molecule has 14 heteroatoms. The van der Waals surface area contributed by atoms with Crippen LogP contribution in [-0.4, -0.2) is 56.3 Å². The molecule has 1 aromatic heterocycles. The molecule has 2 aromatic rings. The molecule has 1 atom stereocenters. The maximum Gasteiger partial charge on any atom is 0.338 e. The quantitative estimate of drug-likeness (QED) is 0.239. The van der Waals surface area contributed by atoms with Crippen LogP contribution in [0.4, 0.5) is 17.1 Å². The Kier molecular flexibility index (Phi) is 11.2. The van der Waals surface area contributed by atoms with Crippen molar-refractivity contribution in [1.82, 2.24) is 10.3 Å². The second-order valence-electron chi connectivity index (χ2n) is 10.4. The third-order valence-corrected chi connectivity index (χ3v) is 7.38. The molecule has 0 saturated heterocycles. The third kappa shape index (κ3) is 7.24. The summed E-state index contributed by atoms with van der Waals surface area (Å²) in [7, 11) is 1.52. The zero-order chi connectivity index (χ0) is 31.9. The Balaban J connectivity index is 0.000000295. The van der Waals surface area contributed by atoms with E-state index in [0.29, 0.717) is 16.7 Å². The minimum atomic E-state index is -1.13. The van der Waals surface area contributed by atoms with Gasteiger partial charge in [0, 0.05) is 31.0 Å². The highest BCUT2D eigenvalue weighted by Crippen LogP contribution is 2.39. The molecule has 0 aliphatic carbocycles. The summed E-state index contributed by atoms with van der Waals surface area (Å²) < 4.78 is 4.98. The highest BCUT2D eigenvalue weighted by molar-refractivity contribution is 6.17. The molecule has 0 saturated carbocycles. The van der Waals surface area contributed by atoms with Gasteiger partial charge in [-0.05, 0) is 56.7 Å². The summed E-state index contributed by atoms with van der Waals surface area (Å²) in [4.78, 5) is 53.5. The van der Waals surface area contributed by atoms with Crippen molar-refractivity contribution in [1.29, 1.82) is 0 Å². The number of nitro benzene ring substituents is 2. The van der Waals surface area contributed by atoms with Gasteiger partial charge in [-0.15, -0.1) is 0 Å². The van der Waals surface area contributed by atoms with Gasteiger partial charge in [0.25, 0.3) is 11.6 Å². The molecular formula is C28H38N6O8. The molecule has 14 nitrogen and oxygen atoms in total. The number of nitrogens with one attached hydrogen (secondary N) is 2. The average molecular weight is 587 g/mol. The van der Waals surface area contributed by atoms with Crippen molar-refractivity contribution < 1.29 is 29.3 Å². The maximum absolute atomic E-state index is 12.2. The Labute approximate surface area is 243 Å². The fourth-order valence-corrected chi connectivity index (χ4v) is 4.25. The standard InChI is InChI=1S/C15H19N3O4.C13H19N3O4/c1-8(2)15(3)14(21)17-12(18-15)11-10(13(19)20)5-9(6-16-11)7-22-4;1-5-10(6-2)14-12-11(15(17)18)7-8(3)9(4)13(12)16(19)20/h5-6,8H,7H2,1-4H3,(H,19,20)(H,17,18,21);7,10,14H,5-6H2,1-4H3. The van der Waals surface area contributed by atoms with Crippen molar-refractivity contribution >= 4 is 34.8 Å². The highest BCUT2D eigenvalue weighted by atomic mass is 16.6. The van der Waals surface area contributed by atoms with Crippen LogP contribution in [0.2, 0.25) is 0 Å². The number of anilines is 1. The van der Waals surface area contributed by atoms with Gasteiger partial charge in [0.1, 0.15) is 11.2 Å². The van der Waals surface area contributed by atoms with Gasteiger partial charge >= 0.3 is 11.7 Å². The van der Waals surface area contributed by atoms with E-state index in [9.17, 15) is 34.9 Å². The molecule has 3 N–H and O–H groups in total. The maximum atomic E-state index is 12.2. The van der Waals surface area contributed by atoms with Crippen molar-refractivity contribution in [3.63, 3.8) is 0 Å². The first kappa shape index (κ1) is 33.7. The Morgan fingerprint density at radius 3 is 2.24 bits per heavy atom. The number of benzene rings is 1. The summed E-state index contributed by atoms with van der Waals surface area (Å²) in [6, 6.07) is 2.83. The summed E-state index contributed by atoms with van der Waals surface area (Å²) in [6.07, 6.45) is 2.99. The monoisotopic (exact) mass is 586 g/mol. The Morgan fingerprint density at radius 1 is 1.17 bits per heavy atom. The summed E-state index contributed by atoms with van der Waals surface area (Å²) in [5.41, 5.74) is 0.421. The molecule has 0 bridgehead atoms. The topological polar surface area (TPSA) is 199 Å². The summed E-state index contributed by atoms with van der Waals surface area (Å²) in [6.45, 7) is 12.9. The molecule has 42 heavy (non-hydrogen) atoms. The van der Waals surface area contributed by atoms with Gasteiger partial charge in [-0.2, -0.15) is 0 Å². The fraction of sp³-hybridized carbons (Fsp3) is 0.500. The van der Waals surface area contributed by atoms with E-state index in [1.54, 1.807) is 20.8 Å². The van der Waals surface area contributed by atoms with Crippen molar-refractivity contribution in [2.75, 3.05) is 12.4 Å². The minimum Gasteiger partial charge on any atom is -0.478 e.